The van der Waals surface area contributed by atoms with Gasteiger partial charge in [0.05, 0.1) is 0 Å². The molecule has 0 aliphatic carbocycles. The van der Waals surface area contributed by atoms with E-state index in [9.17, 15) is 9.59 Å². The summed E-state index contributed by atoms with van der Waals surface area (Å²) in [6.07, 6.45) is 0. The molecule has 0 unspecified atom stereocenters. The maximum absolute atomic E-state index is 11.8. The Labute approximate surface area is 114 Å². The maximum Gasteiger partial charge on any atom is 0.348 e. The maximum atomic E-state index is 11.8. The zero-order valence-electron chi connectivity index (χ0n) is 10.3. The highest BCUT2D eigenvalue weighted by Crippen LogP contribution is 2.30. The highest BCUT2D eigenvalue weighted by molar-refractivity contribution is 7.16. The Kier molecular flexibility index (Phi) is 4.30. The molecule has 1 aromatic carbocycles. The minimum Gasteiger partial charge on any atom is -0.457 e. The monoisotopic (exact) mass is 276 g/mol. The summed E-state index contributed by atoms with van der Waals surface area (Å²) in [5.41, 5.74) is 1.66. The Morgan fingerprint density at radius 1 is 1.32 bits per heavy atom. The number of esters is 1. The molecular formula is C14H12O4S. The van der Waals surface area contributed by atoms with Crippen molar-refractivity contribution in [2.75, 3.05) is 0 Å². The third-order valence-corrected chi connectivity index (χ3v) is 3.55. The van der Waals surface area contributed by atoms with Gasteiger partial charge in [-0.25, -0.2) is 4.79 Å². The van der Waals surface area contributed by atoms with Gasteiger partial charge in [-0.15, -0.1) is 0 Å². The average Bonchev–Trinajstić information content (AvgIpc) is 2.79. The molecule has 1 heterocycles. The lowest BCUT2D eigenvalue weighted by Crippen LogP contribution is -2.02. The van der Waals surface area contributed by atoms with Gasteiger partial charge in [0.25, 0.3) is 6.47 Å². The van der Waals surface area contributed by atoms with Gasteiger partial charge < -0.3 is 9.47 Å². The summed E-state index contributed by atoms with van der Waals surface area (Å²) >= 11 is 1.10. The van der Waals surface area contributed by atoms with Crippen LogP contribution in [0.2, 0.25) is 0 Å². The Bertz CT molecular complexity index is 574. The Balaban J connectivity index is 2.00. The van der Waals surface area contributed by atoms with Gasteiger partial charge in [0.1, 0.15) is 11.5 Å². The van der Waals surface area contributed by atoms with E-state index in [-0.39, 0.29) is 6.61 Å². The van der Waals surface area contributed by atoms with Crippen LogP contribution in [-0.4, -0.2) is 12.4 Å². The zero-order chi connectivity index (χ0) is 13.7. The van der Waals surface area contributed by atoms with Gasteiger partial charge in [0.2, 0.25) is 0 Å². The van der Waals surface area contributed by atoms with Gasteiger partial charge in [-0.2, -0.15) is 0 Å². The number of aryl methyl sites for hydroxylation is 1. The topological polar surface area (TPSA) is 52.6 Å². The average molecular weight is 276 g/mol. The number of carbonyl (C=O) groups is 2. The van der Waals surface area contributed by atoms with E-state index in [0.717, 1.165) is 22.5 Å². The summed E-state index contributed by atoms with van der Waals surface area (Å²) < 4.78 is 9.95. The van der Waals surface area contributed by atoms with Crippen LogP contribution in [0.1, 0.15) is 20.8 Å². The first-order valence-electron chi connectivity index (χ1n) is 5.62. The van der Waals surface area contributed by atoms with Crippen molar-refractivity contribution in [1.29, 1.82) is 0 Å². The molecule has 98 valence electrons. The second kappa shape index (κ2) is 6.15. The molecule has 19 heavy (non-hydrogen) atoms. The quantitative estimate of drug-likeness (QED) is 0.622. The second-order valence-corrected chi connectivity index (χ2v) is 4.87. The largest absolute Gasteiger partial charge is 0.457 e. The number of rotatable bonds is 5. The molecule has 0 fully saturated rings. The van der Waals surface area contributed by atoms with Crippen LogP contribution in [0, 0.1) is 6.92 Å². The number of ether oxygens (including phenoxy) is 2. The fraction of sp³-hybridized carbons (Fsp3) is 0.143. The van der Waals surface area contributed by atoms with Gasteiger partial charge in [0.15, 0.2) is 5.06 Å². The number of thiophene rings is 1. The van der Waals surface area contributed by atoms with Crippen LogP contribution >= 0.6 is 11.3 Å². The first kappa shape index (κ1) is 13.3. The summed E-state index contributed by atoms with van der Waals surface area (Å²) in [6, 6.07) is 11.1. The molecule has 2 aromatic rings. The fourth-order valence-corrected chi connectivity index (χ4v) is 2.41. The summed E-state index contributed by atoms with van der Waals surface area (Å²) in [5.74, 6) is -0.419. The van der Waals surface area contributed by atoms with E-state index in [1.807, 2.05) is 30.3 Å². The fourth-order valence-electron chi connectivity index (χ4n) is 1.52. The van der Waals surface area contributed by atoms with E-state index in [2.05, 4.69) is 0 Å². The lowest BCUT2D eigenvalue weighted by atomic mass is 10.2. The normalized spacial score (nSPS) is 9.95. The lowest BCUT2D eigenvalue weighted by Gasteiger charge is -2.02. The summed E-state index contributed by atoms with van der Waals surface area (Å²) in [4.78, 5) is 22.5. The molecule has 0 radical (unpaired) electrons. The number of benzene rings is 1. The van der Waals surface area contributed by atoms with Crippen molar-refractivity contribution in [1.82, 2.24) is 0 Å². The van der Waals surface area contributed by atoms with Crippen LogP contribution in [0.4, 0.5) is 0 Å². The van der Waals surface area contributed by atoms with E-state index in [4.69, 9.17) is 9.47 Å². The number of carbonyl (C=O) groups excluding carboxylic acids is 2. The Morgan fingerprint density at radius 3 is 2.74 bits per heavy atom. The molecule has 4 nitrogen and oxygen atoms in total. The predicted octanol–water partition coefficient (Wildman–Crippen LogP) is 2.95. The standard InChI is InChI=1S/C14H12O4S/c1-10-7-12(19-14(10)18-9-15)13(16)17-8-11-5-3-2-4-6-11/h2-7,9H,8H2,1H3. The molecule has 0 N–H and O–H groups in total. The molecule has 2 rings (SSSR count). The van der Waals surface area contributed by atoms with Gasteiger partial charge in [0, 0.05) is 5.56 Å². The van der Waals surface area contributed by atoms with Crippen molar-refractivity contribution < 1.29 is 19.1 Å². The third kappa shape index (κ3) is 3.42. The van der Waals surface area contributed by atoms with Gasteiger partial charge in [-0.1, -0.05) is 41.7 Å². The zero-order valence-corrected chi connectivity index (χ0v) is 11.1. The lowest BCUT2D eigenvalue weighted by molar-refractivity contribution is -0.120. The van der Waals surface area contributed by atoms with Crippen molar-refractivity contribution in [3.63, 3.8) is 0 Å². The number of hydrogen-bond donors (Lipinski definition) is 0. The molecule has 1 aromatic heterocycles. The third-order valence-electron chi connectivity index (χ3n) is 2.44. The highest BCUT2D eigenvalue weighted by atomic mass is 32.1. The van der Waals surface area contributed by atoms with Crippen molar-refractivity contribution in [2.24, 2.45) is 0 Å². The Hall–Kier alpha value is -2.14. The highest BCUT2D eigenvalue weighted by Gasteiger charge is 2.14. The molecule has 5 heteroatoms. The predicted molar refractivity (Wildman–Crippen MR) is 71.3 cm³/mol. The van der Waals surface area contributed by atoms with Crippen LogP contribution in [0.5, 0.6) is 5.06 Å². The SMILES string of the molecule is Cc1cc(C(=O)OCc2ccccc2)sc1OC=O. The van der Waals surface area contributed by atoms with Crippen LogP contribution < -0.4 is 4.74 Å². The molecule has 0 saturated heterocycles. The van der Waals surface area contributed by atoms with Gasteiger partial charge in [-0.05, 0) is 18.6 Å². The van der Waals surface area contributed by atoms with Crippen LogP contribution in [-0.2, 0) is 16.1 Å². The Morgan fingerprint density at radius 2 is 2.05 bits per heavy atom. The summed E-state index contributed by atoms with van der Waals surface area (Å²) in [7, 11) is 0. The van der Waals surface area contributed by atoms with Crippen molar-refractivity contribution in [3.05, 3.63) is 52.4 Å². The van der Waals surface area contributed by atoms with Crippen LogP contribution in [0.15, 0.2) is 36.4 Å². The summed E-state index contributed by atoms with van der Waals surface area (Å²) in [6.45, 7) is 2.34. The minimum atomic E-state index is -0.419. The summed E-state index contributed by atoms with van der Waals surface area (Å²) in [5, 5.41) is 0.418. The first-order valence-corrected chi connectivity index (χ1v) is 6.44. The van der Waals surface area contributed by atoms with E-state index in [1.54, 1.807) is 13.0 Å². The molecule has 0 aliphatic rings. The second-order valence-electron chi connectivity index (χ2n) is 3.86. The smallest absolute Gasteiger partial charge is 0.348 e. The first-order chi connectivity index (χ1) is 9.20. The molecule has 0 bridgehead atoms. The van der Waals surface area contributed by atoms with E-state index < -0.39 is 5.97 Å². The molecule has 0 atom stereocenters. The van der Waals surface area contributed by atoms with E-state index in [1.165, 1.54) is 0 Å². The van der Waals surface area contributed by atoms with Crippen molar-refractivity contribution in [2.45, 2.75) is 13.5 Å². The minimum absolute atomic E-state index is 0.223. The van der Waals surface area contributed by atoms with Crippen molar-refractivity contribution >= 4 is 23.8 Å². The van der Waals surface area contributed by atoms with E-state index >= 15 is 0 Å². The molecule has 0 aliphatic heterocycles. The van der Waals surface area contributed by atoms with Crippen molar-refractivity contribution in [3.8, 4) is 5.06 Å². The molecule has 0 amide bonds. The van der Waals surface area contributed by atoms with Gasteiger partial charge >= 0.3 is 5.97 Å². The van der Waals surface area contributed by atoms with Gasteiger partial charge in [-0.3, -0.25) is 4.79 Å². The molecular weight excluding hydrogens is 264 g/mol. The van der Waals surface area contributed by atoms with E-state index in [0.29, 0.717) is 16.4 Å². The molecule has 0 spiro atoms. The molecule has 0 saturated carbocycles. The van der Waals surface area contributed by atoms with Crippen LogP contribution in [0.3, 0.4) is 0 Å². The number of hydrogen-bond acceptors (Lipinski definition) is 5. The van der Waals surface area contributed by atoms with Crippen LogP contribution in [0.25, 0.3) is 0 Å².